The van der Waals surface area contributed by atoms with E-state index in [1.54, 1.807) is 0 Å². The fraction of sp³-hybridized carbons (Fsp3) is 0.192. The van der Waals surface area contributed by atoms with Crippen molar-refractivity contribution in [3.63, 3.8) is 0 Å². The molecule has 3 aromatic carbocycles. The third-order valence-electron chi connectivity index (χ3n) is 5.13. The molecular weight excluding hydrogens is 375 g/mol. The van der Waals surface area contributed by atoms with Crippen LogP contribution in [-0.4, -0.2) is 19.2 Å². The topological polar surface area (TPSA) is 26.3 Å². The molecule has 0 heterocycles. The minimum atomic E-state index is -1.77. The predicted octanol–water partition coefficient (Wildman–Crippen LogP) is 4.88. The van der Waals surface area contributed by atoms with Crippen LogP contribution >= 0.6 is 7.26 Å². The predicted molar refractivity (Wildman–Crippen MR) is 125 cm³/mol. The molecule has 3 heteroatoms. The Morgan fingerprint density at radius 1 is 0.724 bits per heavy atom. The molecular formula is C26H28O2P+. The quantitative estimate of drug-likeness (QED) is 0.289. The van der Waals surface area contributed by atoms with Crippen LogP contribution in [-0.2, 0) is 9.53 Å². The second-order valence-corrected chi connectivity index (χ2v) is 10.5. The fourth-order valence-electron chi connectivity index (χ4n) is 3.69. The van der Waals surface area contributed by atoms with Crippen molar-refractivity contribution >= 4 is 29.1 Å². The van der Waals surface area contributed by atoms with Crippen LogP contribution in [0.4, 0.5) is 0 Å². The first-order chi connectivity index (χ1) is 14.3. The van der Waals surface area contributed by atoms with Gasteiger partial charge in [-0.3, -0.25) is 4.79 Å². The molecule has 0 aliphatic carbocycles. The summed E-state index contributed by atoms with van der Waals surface area (Å²) in [6.45, 7) is 0. The number of carbonyl (C=O) groups is 1. The van der Waals surface area contributed by atoms with Gasteiger partial charge in [0.25, 0.3) is 0 Å². The Kier molecular flexibility index (Phi) is 7.78. The van der Waals surface area contributed by atoms with E-state index < -0.39 is 7.26 Å². The monoisotopic (exact) mass is 403 g/mol. The number of benzene rings is 3. The largest absolute Gasteiger partial charge is 0.469 e. The van der Waals surface area contributed by atoms with E-state index >= 15 is 0 Å². The third-order valence-corrected chi connectivity index (χ3v) is 9.60. The van der Waals surface area contributed by atoms with Gasteiger partial charge in [0, 0.05) is 12.8 Å². The summed E-state index contributed by atoms with van der Waals surface area (Å²) in [7, 11) is -0.335. The van der Waals surface area contributed by atoms with Crippen molar-refractivity contribution in [2.45, 2.75) is 19.3 Å². The minimum Gasteiger partial charge on any atom is -0.469 e. The van der Waals surface area contributed by atoms with Gasteiger partial charge < -0.3 is 4.74 Å². The molecule has 0 N–H and O–H groups in total. The van der Waals surface area contributed by atoms with Crippen molar-refractivity contribution in [3.8, 4) is 0 Å². The lowest BCUT2D eigenvalue weighted by molar-refractivity contribution is -0.140. The number of esters is 1. The Morgan fingerprint density at radius 3 is 1.55 bits per heavy atom. The molecule has 29 heavy (non-hydrogen) atoms. The van der Waals surface area contributed by atoms with Gasteiger partial charge in [-0.05, 0) is 42.8 Å². The second-order valence-electron chi connectivity index (χ2n) is 6.91. The summed E-state index contributed by atoms with van der Waals surface area (Å²) < 4.78 is 4.72. The Balaban J connectivity index is 1.95. The van der Waals surface area contributed by atoms with E-state index in [0.29, 0.717) is 6.42 Å². The molecule has 3 aromatic rings. The molecule has 0 unspecified atom stereocenters. The highest BCUT2D eigenvalue weighted by Gasteiger charge is 2.44. The second kappa shape index (κ2) is 10.7. The number of carbonyl (C=O) groups excluding carboxylic acids is 1. The first kappa shape index (κ1) is 21.0. The highest BCUT2D eigenvalue weighted by molar-refractivity contribution is 7.95. The van der Waals surface area contributed by atoms with Gasteiger partial charge in [0.05, 0.1) is 13.3 Å². The number of ether oxygens (including phenoxy) is 1. The Hall–Kier alpha value is -2.70. The average Bonchev–Trinajstić information content (AvgIpc) is 2.80. The van der Waals surface area contributed by atoms with E-state index in [9.17, 15) is 4.79 Å². The zero-order valence-electron chi connectivity index (χ0n) is 16.9. The molecule has 0 saturated heterocycles. The van der Waals surface area contributed by atoms with Gasteiger partial charge in [0.1, 0.15) is 23.2 Å². The van der Waals surface area contributed by atoms with E-state index in [1.807, 2.05) is 0 Å². The lowest BCUT2D eigenvalue weighted by atomic mass is 10.3. The lowest BCUT2D eigenvalue weighted by Gasteiger charge is -2.27. The molecule has 0 aliphatic rings. The number of allylic oxidation sites excluding steroid dienone is 2. The lowest BCUT2D eigenvalue weighted by Crippen LogP contribution is -2.33. The smallest absolute Gasteiger partial charge is 0.305 e. The minimum absolute atomic E-state index is 0.158. The average molecular weight is 403 g/mol. The van der Waals surface area contributed by atoms with Gasteiger partial charge in [-0.1, -0.05) is 66.7 Å². The summed E-state index contributed by atoms with van der Waals surface area (Å²) in [6.07, 6.45) is 7.50. The summed E-state index contributed by atoms with van der Waals surface area (Å²) in [5.74, 6) is -0.158. The van der Waals surface area contributed by atoms with E-state index in [1.165, 1.54) is 23.0 Å². The number of hydrogen-bond donors (Lipinski definition) is 0. The summed E-state index contributed by atoms with van der Waals surface area (Å²) in [4.78, 5) is 11.3. The fourth-order valence-corrected chi connectivity index (χ4v) is 7.94. The molecule has 0 aliphatic heterocycles. The van der Waals surface area contributed by atoms with E-state index in [2.05, 4.69) is 103 Å². The van der Waals surface area contributed by atoms with Gasteiger partial charge in [-0.15, -0.1) is 0 Å². The van der Waals surface area contributed by atoms with Gasteiger partial charge in [-0.25, -0.2) is 0 Å². The Bertz CT molecular complexity index is 809. The van der Waals surface area contributed by atoms with Crippen LogP contribution < -0.4 is 15.9 Å². The van der Waals surface area contributed by atoms with Crippen LogP contribution in [0, 0.1) is 0 Å². The first-order valence-corrected chi connectivity index (χ1v) is 12.0. The molecule has 0 saturated carbocycles. The summed E-state index contributed by atoms with van der Waals surface area (Å²) in [5, 5.41) is 4.21. The number of methoxy groups -OCH3 is 1. The van der Waals surface area contributed by atoms with Gasteiger partial charge in [-0.2, -0.15) is 0 Å². The van der Waals surface area contributed by atoms with Gasteiger partial charge >= 0.3 is 5.97 Å². The summed E-state index contributed by atoms with van der Waals surface area (Å²) in [5.41, 5.74) is 0. The maximum absolute atomic E-state index is 11.3. The standard InChI is InChI=1S/C26H28O2P/c1-28-26(27)21-13-2-3-14-22-29(23-15-7-4-8-16-23,24-17-9-5-10-18-24)25-19-11-6-12-20-25/h2-12,15-20H,13-14,21-22H2,1H3/q+1/b3-2+. The van der Waals surface area contributed by atoms with Crippen LogP contribution in [0.25, 0.3) is 0 Å². The third kappa shape index (κ3) is 5.22. The van der Waals surface area contributed by atoms with Crippen molar-refractivity contribution in [3.05, 3.63) is 103 Å². The molecule has 3 rings (SSSR count). The van der Waals surface area contributed by atoms with Crippen LogP contribution in [0.3, 0.4) is 0 Å². The van der Waals surface area contributed by atoms with Crippen LogP contribution in [0.2, 0.25) is 0 Å². The van der Waals surface area contributed by atoms with Gasteiger partial charge in [0.2, 0.25) is 0 Å². The highest BCUT2D eigenvalue weighted by atomic mass is 31.2. The molecule has 0 fully saturated rings. The molecule has 2 nitrogen and oxygen atoms in total. The molecule has 0 spiro atoms. The van der Waals surface area contributed by atoms with Crippen molar-refractivity contribution in [2.75, 3.05) is 13.3 Å². The molecule has 0 radical (unpaired) electrons. The SMILES string of the molecule is COC(=O)CC/C=C/CC[P+](c1ccccc1)(c1ccccc1)c1ccccc1. The normalized spacial score (nSPS) is 11.5. The molecule has 0 amide bonds. The summed E-state index contributed by atoms with van der Waals surface area (Å²) in [6, 6.07) is 32.7. The van der Waals surface area contributed by atoms with E-state index in [-0.39, 0.29) is 5.97 Å². The maximum atomic E-state index is 11.3. The van der Waals surface area contributed by atoms with Crippen LogP contribution in [0.15, 0.2) is 103 Å². The molecule has 0 atom stereocenters. The van der Waals surface area contributed by atoms with Crippen molar-refractivity contribution in [1.29, 1.82) is 0 Å². The number of hydrogen-bond acceptors (Lipinski definition) is 2. The zero-order chi connectivity index (χ0) is 20.4. The van der Waals surface area contributed by atoms with E-state index in [4.69, 9.17) is 4.74 Å². The van der Waals surface area contributed by atoms with Crippen LogP contribution in [0.5, 0.6) is 0 Å². The van der Waals surface area contributed by atoms with Crippen molar-refractivity contribution < 1.29 is 9.53 Å². The van der Waals surface area contributed by atoms with Crippen molar-refractivity contribution in [1.82, 2.24) is 0 Å². The molecule has 0 bridgehead atoms. The molecule has 148 valence electrons. The number of rotatable bonds is 9. The Labute approximate surface area is 174 Å². The van der Waals surface area contributed by atoms with Crippen LogP contribution in [0.1, 0.15) is 19.3 Å². The van der Waals surface area contributed by atoms with E-state index in [0.717, 1.165) is 19.0 Å². The maximum Gasteiger partial charge on any atom is 0.305 e. The Morgan fingerprint density at radius 2 is 1.14 bits per heavy atom. The molecule has 0 aromatic heterocycles. The van der Waals surface area contributed by atoms with Gasteiger partial charge in [0.15, 0.2) is 0 Å². The first-order valence-electron chi connectivity index (χ1n) is 10.0. The van der Waals surface area contributed by atoms with Crippen molar-refractivity contribution in [2.24, 2.45) is 0 Å². The summed E-state index contributed by atoms with van der Waals surface area (Å²) >= 11 is 0. The zero-order valence-corrected chi connectivity index (χ0v) is 17.8. The highest BCUT2D eigenvalue weighted by Crippen LogP contribution is 2.55.